The SMILES string of the molecule is CCCCNC(=O)O.O=C(O)[C@@H]1CCCN1. The molecule has 6 heteroatoms. The van der Waals surface area contributed by atoms with Crippen molar-refractivity contribution in [3.8, 4) is 0 Å². The summed E-state index contributed by atoms with van der Waals surface area (Å²) in [4.78, 5) is 19.9. The summed E-state index contributed by atoms with van der Waals surface area (Å²) in [6.45, 7) is 3.45. The lowest BCUT2D eigenvalue weighted by Gasteiger charge is -1.99. The summed E-state index contributed by atoms with van der Waals surface area (Å²) >= 11 is 0. The van der Waals surface area contributed by atoms with Crippen molar-refractivity contribution in [2.45, 2.75) is 38.6 Å². The Balaban J connectivity index is 0.000000281. The van der Waals surface area contributed by atoms with Crippen molar-refractivity contribution in [2.24, 2.45) is 0 Å². The molecule has 0 saturated carbocycles. The van der Waals surface area contributed by atoms with E-state index in [0.717, 1.165) is 32.2 Å². The van der Waals surface area contributed by atoms with E-state index in [0.29, 0.717) is 6.54 Å². The van der Waals surface area contributed by atoms with E-state index in [1.54, 1.807) is 0 Å². The molecular weight excluding hydrogens is 212 g/mol. The monoisotopic (exact) mass is 232 g/mol. The molecule has 0 radical (unpaired) electrons. The van der Waals surface area contributed by atoms with E-state index in [2.05, 4.69) is 10.6 Å². The number of hydrogen-bond acceptors (Lipinski definition) is 3. The third-order valence-corrected chi connectivity index (χ3v) is 2.16. The zero-order valence-electron chi connectivity index (χ0n) is 9.53. The summed E-state index contributed by atoms with van der Waals surface area (Å²) in [5.74, 6) is -0.720. The van der Waals surface area contributed by atoms with Gasteiger partial charge in [0, 0.05) is 6.54 Å². The molecule has 0 aromatic rings. The van der Waals surface area contributed by atoms with Crippen LogP contribution in [0.5, 0.6) is 0 Å². The van der Waals surface area contributed by atoms with Gasteiger partial charge in [-0.2, -0.15) is 0 Å². The molecule has 0 aromatic carbocycles. The van der Waals surface area contributed by atoms with Crippen molar-refractivity contribution >= 4 is 12.1 Å². The van der Waals surface area contributed by atoms with Gasteiger partial charge in [0.1, 0.15) is 6.04 Å². The largest absolute Gasteiger partial charge is 0.480 e. The second-order valence-corrected chi connectivity index (χ2v) is 3.57. The van der Waals surface area contributed by atoms with Crippen LogP contribution in [0.1, 0.15) is 32.6 Å². The predicted octanol–water partition coefficient (Wildman–Crippen LogP) is 0.877. The fraction of sp³-hybridized carbons (Fsp3) is 0.800. The zero-order valence-corrected chi connectivity index (χ0v) is 9.53. The molecule has 0 spiro atoms. The maximum absolute atomic E-state index is 10.1. The Bertz CT molecular complexity index is 215. The molecule has 1 amide bonds. The molecule has 1 heterocycles. The maximum atomic E-state index is 10.1. The van der Waals surface area contributed by atoms with E-state index in [1.807, 2.05) is 6.92 Å². The van der Waals surface area contributed by atoms with Gasteiger partial charge < -0.3 is 20.8 Å². The second kappa shape index (κ2) is 8.96. The van der Waals surface area contributed by atoms with Gasteiger partial charge in [0.05, 0.1) is 0 Å². The number of nitrogens with one attached hydrogen (secondary N) is 2. The number of hydrogen-bond donors (Lipinski definition) is 4. The average molecular weight is 232 g/mol. The third kappa shape index (κ3) is 8.05. The molecule has 1 aliphatic rings. The second-order valence-electron chi connectivity index (χ2n) is 3.57. The molecular formula is C10H20N2O4. The zero-order chi connectivity index (χ0) is 12.4. The van der Waals surface area contributed by atoms with Gasteiger partial charge in [-0.05, 0) is 25.8 Å². The van der Waals surface area contributed by atoms with Gasteiger partial charge in [-0.15, -0.1) is 0 Å². The highest BCUT2D eigenvalue weighted by Gasteiger charge is 2.20. The number of unbranched alkanes of at least 4 members (excludes halogenated alkanes) is 1. The minimum Gasteiger partial charge on any atom is -0.480 e. The highest BCUT2D eigenvalue weighted by Crippen LogP contribution is 2.03. The lowest BCUT2D eigenvalue weighted by Crippen LogP contribution is -2.29. The van der Waals surface area contributed by atoms with Crippen molar-refractivity contribution in [3.05, 3.63) is 0 Å². The average Bonchev–Trinajstić information content (AvgIpc) is 2.71. The van der Waals surface area contributed by atoms with Crippen LogP contribution in [0.25, 0.3) is 0 Å². The van der Waals surface area contributed by atoms with Crippen LogP contribution in [0.15, 0.2) is 0 Å². The summed E-state index contributed by atoms with van der Waals surface area (Å²) < 4.78 is 0. The van der Waals surface area contributed by atoms with E-state index in [1.165, 1.54) is 0 Å². The minimum absolute atomic E-state index is 0.269. The standard InChI is InChI=1S/C5H9NO2.C5H11NO2/c7-5(8)4-2-1-3-6-4;1-2-3-4-6-5(7)8/h4,6H,1-3H2,(H,7,8);6H,2-4H2,1H3,(H,7,8)/t4-;/m0./s1. The van der Waals surface area contributed by atoms with Crippen LogP contribution in [-0.4, -0.2) is 41.4 Å². The quantitative estimate of drug-likeness (QED) is 0.539. The van der Waals surface area contributed by atoms with Crippen molar-refractivity contribution in [3.63, 3.8) is 0 Å². The lowest BCUT2D eigenvalue weighted by molar-refractivity contribution is -0.139. The van der Waals surface area contributed by atoms with E-state index < -0.39 is 12.1 Å². The molecule has 1 fully saturated rings. The van der Waals surface area contributed by atoms with Gasteiger partial charge in [0.15, 0.2) is 0 Å². The molecule has 1 aliphatic heterocycles. The molecule has 0 unspecified atom stereocenters. The van der Waals surface area contributed by atoms with E-state index in [-0.39, 0.29) is 6.04 Å². The Kier molecular flexibility index (Phi) is 8.24. The summed E-state index contributed by atoms with van der Waals surface area (Å²) in [6, 6.07) is -0.269. The van der Waals surface area contributed by atoms with Crippen molar-refractivity contribution in [1.82, 2.24) is 10.6 Å². The molecule has 1 rings (SSSR count). The van der Waals surface area contributed by atoms with Gasteiger partial charge in [-0.1, -0.05) is 13.3 Å². The molecule has 0 aliphatic carbocycles. The van der Waals surface area contributed by atoms with Crippen molar-refractivity contribution < 1.29 is 19.8 Å². The first-order valence-electron chi connectivity index (χ1n) is 5.51. The Morgan fingerprint density at radius 1 is 1.44 bits per heavy atom. The summed E-state index contributed by atoms with van der Waals surface area (Å²) in [6.07, 6.45) is 2.80. The predicted molar refractivity (Wildman–Crippen MR) is 59.6 cm³/mol. The molecule has 0 aromatic heterocycles. The molecule has 1 atom stereocenters. The summed E-state index contributed by atoms with van der Waals surface area (Å²) in [7, 11) is 0. The van der Waals surface area contributed by atoms with E-state index >= 15 is 0 Å². The molecule has 0 bridgehead atoms. The van der Waals surface area contributed by atoms with Crippen LogP contribution >= 0.6 is 0 Å². The maximum Gasteiger partial charge on any atom is 0.404 e. The van der Waals surface area contributed by atoms with Crippen molar-refractivity contribution in [2.75, 3.05) is 13.1 Å². The molecule has 94 valence electrons. The number of rotatable bonds is 4. The minimum atomic E-state index is -0.932. The van der Waals surface area contributed by atoms with E-state index in [4.69, 9.17) is 10.2 Å². The first kappa shape index (κ1) is 14.7. The topological polar surface area (TPSA) is 98.7 Å². The molecule has 6 nitrogen and oxygen atoms in total. The molecule has 1 saturated heterocycles. The van der Waals surface area contributed by atoms with Crippen LogP contribution in [0.4, 0.5) is 4.79 Å². The van der Waals surface area contributed by atoms with Gasteiger partial charge in [0.25, 0.3) is 0 Å². The summed E-state index contributed by atoms with van der Waals surface area (Å²) in [5.41, 5.74) is 0. The first-order valence-corrected chi connectivity index (χ1v) is 5.51. The Labute approximate surface area is 95.0 Å². The molecule has 4 N–H and O–H groups in total. The fourth-order valence-corrected chi connectivity index (χ4v) is 1.27. The number of carboxylic acid groups (broad SMARTS) is 2. The Hall–Kier alpha value is -1.30. The number of amides is 1. The van der Waals surface area contributed by atoms with Crippen molar-refractivity contribution in [1.29, 1.82) is 0 Å². The highest BCUT2D eigenvalue weighted by atomic mass is 16.4. The van der Waals surface area contributed by atoms with Crippen LogP contribution in [0, 0.1) is 0 Å². The van der Waals surface area contributed by atoms with Crippen LogP contribution in [0.2, 0.25) is 0 Å². The van der Waals surface area contributed by atoms with Gasteiger partial charge >= 0.3 is 12.1 Å². The smallest absolute Gasteiger partial charge is 0.404 e. The van der Waals surface area contributed by atoms with Gasteiger partial charge in [0.2, 0.25) is 0 Å². The number of carboxylic acids is 1. The third-order valence-electron chi connectivity index (χ3n) is 2.16. The highest BCUT2D eigenvalue weighted by molar-refractivity contribution is 5.73. The lowest BCUT2D eigenvalue weighted by atomic mass is 10.2. The van der Waals surface area contributed by atoms with E-state index in [9.17, 15) is 9.59 Å². The van der Waals surface area contributed by atoms with Crippen LogP contribution in [0.3, 0.4) is 0 Å². The molecule has 16 heavy (non-hydrogen) atoms. The normalized spacial score (nSPS) is 18.4. The number of carbonyl (C=O) groups is 2. The van der Waals surface area contributed by atoms with Gasteiger partial charge in [-0.25, -0.2) is 4.79 Å². The van der Waals surface area contributed by atoms with Crippen LogP contribution in [-0.2, 0) is 4.79 Å². The Morgan fingerprint density at radius 2 is 2.12 bits per heavy atom. The Morgan fingerprint density at radius 3 is 2.44 bits per heavy atom. The first-order chi connectivity index (χ1) is 7.57. The summed E-state index contributed by atoms with van der Waals surface area (Å²) in [5, 5.41) is 21.5. The fourth-order valence-electron chi connectivity index (χ4n) is 1.27. The van der Waals surface area contributed by atoms with Crippen LogP contribution < -0.4 is 10.6 Å². The van der Waals surface area contributed by atoms with Gasteiger partial charge in [-0.3, -0.25) is 4.79 Å². The number of aliphatic carboxylic acids is 1.